The van der Waals surface area contributed by atoms with Gasteiger partial charge in [0.15, 0.2) is 0 Å². The number of rotatable bonds is 6. The monoisotopic (exact) mass is 408 g/mol. The fourth-order valence-electron chi connectivity index (χ4n) is 4.30. The molecule has 0 saturated carbocycles. The minimum Gasteiger partial charge on any atom is -0.481 e. The van der Waals surface area contributed by atoms with Crippen LogP contribution in [0.2, 0.25) is 0 Å². The molecular formula is C23H24N2O5. The lowest BCUT2D eigenvalue weighted by Crippen LogP contribution is -2.46. The molecule has 7 nitrogen and oxygen atoms in total. The molecule has 0 aromatic heterocycles. The van der Waals surface area contributed by atoms with Gasteiger partial charge < -0.3 is 9.84 Å². The Morgan fingerprint density at radius 3 is 2.17 bits per heavy atom. The van der Waals surface area contributed by atoms with Crippen LogP contribution in [0.25, 0.3) is 0 Å². The molecule has 2 aliphatic rings. The lowest BCUT2D eigenvalue weighted by Gasteiger charge is -2.24. The molecule has 2 heterocycles. The normalized spacial score (nSPS) is 24.1. The van der Waals surface area contributed by atoms with Gasteiger partial charge in [-0.15, -0.1) is 0 Å². The molecule has 0 bridgehead atoms. The number of aliphatic carboxylic acids is 1. The summed E-state index contributed by atoms with van der Waals surface area (Å²) < 4.78 is 5.15. The number of likely N-dealkylation sites (tertiary alicyclic amines) is 1. The van der Waals surface area contributed by atoms with Crippen LogP contribution in [0.1, 0.15) is 11.1 Å². The van der Waals surface area contributed by atoms with Gasteiger partial charge in [-0.3, -0.25) is 14.5 Å². The first-order valence-corrected chi connectivity index (χ1v) is 10.1. The molecule has 2 aromatic carbocycles. The van der Waals surface area contributed by atoms with E-state index in [-0.39, 0.29) is 13.2 Å². The molecule has 2 amide bonds. The minimum absolute atomic E-state index is 0.123. The van der Waals surface area contributed by atoms with Gasteiger partial charge in [0.2, 0.25) is 5.91 Å². The summed E-state index contributed by atoms with van der Waals surface area (Å²) in [4.78, 5) is 40.6. The molecule has 156 valence electrons. The van der Waals surface area contributed by atoms with E-state index < -0.39 is 35.8 Å². The maximum absolute atomic E-state index is 13.3. The number of cyclic esters (lactones) is 1. The first-order chi connectivity index (χ1) is 14.5. The van der Waals surface area contributed by atoms with Crippen LogP contribution in [0, 0.1) is 11.8 Å². The molecule has 0 radical (unpaired) electrons. The van der Waals surface area contributed by atoms with Crippen LogP contribution >= 0.6 is 0 Å². The van der Waals surface area contributed by atoms with Crippen molar-refractivity contribution in [3.05, 3.63) is 71.8 Å². The Labute approximate surface area is 174 Å². The number of carbonyl (C=O) groups is 3. The smallest absolute Gasteiger partial charge is 0.416 e. The van der Waals surface area contributed by atoms with Crippen LogP contribution in [-0.2, 0) is 27.3 Å². The summed E-state index contributed by atoms with van der Waals surface area (Å²) in [6, 6.07) is 18.9. The van der Waals surface area contributed by atoms with Crippen LogP contribution in [0.4, 0.5) is 4.79 Å². The third-order valence-electron chi connectivity index (χ3n) is 5.79. The second-order valence-electron chi connectivity index (χ2n) is 7.86. The van der Waals surface area contributed by atoms with E-state index >= 15 is 0 Å². The van der Waals surface area contributed by atoms with Crippen LogP contribution in [-0.4, -0.2) is 58.6 Å². The number of carboxylic acids is 1. The maximum atomic E-state index is 13.3. The Kier molecular flexibility index (Phi) is 5.81. The predicted molar refractivity (Wildman–Crippen MR) is 108 cm³/mol. The molecule has 2 aliphatic heterocycles. The van der Waals surface area contributed by atoms with Crippen molar-refractivity contribution in [2.45, 2.75) is 19.0 Å². The number of imide groups is 1. The Morgan fingerprint density at radius 2 is 1.53 bits per heavy atom. The molecule has 2 saturated heterocycles. The van der Waals surface area contributed by atoms with Gasteiger partial charge in [-0.2, -0.15) is 0 Å². The quantitative estimate of drug-likeness (QED) is 0.790. The first-order valence-electron chi connectivity index (χ1n) is 10.1. The number of carboxylic acid groups (broad SMARTS) is 1. The van der Waals surface area contributed by atoms with E-state index in [0.29, 0.717) is 19.5 Å². The molecule has 2 aromatic rings. The van der Waals surface area contributed by atoms with Crippen molar-refractivity contribution < 1.29 is 24.2 Å². The average Bonchev–Trinajstić information content (AvgIpc) is 3.33. The van der Waals surface area contributed by atoms with Crippen LogP contribution in [0.15, 0.2) is 60.7 Å². The third-order valence-corrected chi connectivity index (χ3v) is 5.79. The zero-order valence-corrected chi connectivity index (χ0v) is 16.5. The van der Waals surface area contributed by atoms with Crippen molar-refractivity contribution in [3.63, 3.8) is 0 Å². The highest BCUT2D eigenvalue weighted by Gasteiger charge is 2.48. The third kappa shape index (κ3) is 4.21. The van der Waals surface area contributed by atoms with Gasteiger partial charge in [0.25, 0.3) is 0 Å². The summed E-state index contributed by atoms with van der Waals surface area (Å²) >= 11 is 0. The van der Waals surface area contributed by atoms with Crippen molar-refractivity contribution in [2.24, 2.45) is 11.8 Å². The van der Waals surface area contributed by atoms with Crippen molar-refractivity contribution in [1.29, 1.82) is 0 Å². The summed E-state index contributed by atoms with van der Waals surface area (Å²) in [7, 11) is 0. The van der Waals surface area contributed by atoms with Gasteiger partial charge in [0.05, 0.1) is 17.9 Å². The van der Waals surface area contributed by atoms with Crippen molar-refractivity contribution in [2.75, 3.05) is 19.7 Å². The fraction of sp³-hybridized carbons (Fsp3) is 0.348. The topological polar surface area (TPSA) is 87.2 Å². The second-order valence-corrected chi connectivity index (χ2v) is 7.86. The lowest BCUT2D eigenvalue weighted by molar-refractivity contribution is -0.147. The molecular weight excluding hydrogens is 384 g/mol. The average molecular weight is 408 g/mol. The number of carbonyl (C=O) groups excluding carboxylic acids is 2. The van der Waals surface area contributed by atoms with Crippen LogP contribution in [0.5, 0.6) is 0 Å². The molecule has 0 spiro atoms. The van der Waals surface area contributed by atoms with Crippen molar-refractivity contribution >= 4 is 18.0 Å². The SMILES string of the molecule is O=C(O)[C@H]1CN(Cc2ccccc2)C[C@@H]1C(=O)N1C(=O)OCC1Cc1ccccc1. The van der Waals surface area contributed by atoms with Gasteiger partial charge in [0, 0.05) is 19.6 Å². The number of nitrogens with zero attached hydrogens (tertiary/aromatic N) is 2. The summed E-state index contributed by atoms with van der Waals surface area (Å²) in [5.74, 6) is -3.11. The van der Waals surface area contributed by atoms with E-state index in [2.05, 4.69) is 0 Å². The number of ether oxygens (including phenoxy) is 1. The van der Waals surface area contributed by atoms with Gasteiger partial charge in [-0.1, -0.05) is 60.7 Å². The maximum Gasteiger partial charge on any atom is 0.416 e. The molecule has 2 fully saturated rings. The zero-order valence-electron chi connectivity index (χ0n) is 16.5. The predicted octanol–water partition coefficient (Wildman–Crippen LogP) is 2.41. The number of amides is 2. The van der Waals surface area contributed by atoms with Gasteiger partial charge in [-0.25, -0.2) is 9.69 Å². The highest BCUT2D eigenvalue weighted by molar-refractivity contribution is 5.97. The number of hydrogen-bond donors (Lipinski definition) is 1. The van der Waals surface area contributed by atoms with E-state index in [9.17, 15) is 19.5 Å². The van der Waals surface area contributed by atoms with Gasteiger partial charge >= 0.3 is 12.1 Å². The Hall–Kier alpha value is -3.19. The van der Waals surface area contributed by atoms with Crippen LogP contribution < -0.4 is 0 Å². The van der Waals surface area contributed by atoms with Crippen LogP contribution in [0.3, 0.4) is 0 Å². The largest absolute Gasteiger partial charge is 0.481 e. The van der Waals surface area contributed by atoms with E-state index in [1.807, 2.05) is 65.6 Å². The van der Waals surface area contributed by atoms with Crippen molar-refractivity contribution in [3.8, 4) is 0 Å². The molecule has 7 heteroatoms. The van der Waals surface area contributed by atoms with Gasteiger partial charge in [-0.05, 0) is 17.5 Å². The summed E-state index contributed by atoms with van der Waals surface area (Å²) in [5, 5.41) is 9.71. The standard InChI is InChI=1S/C23H24N2O5/c26-21(25-18(15-30-23(25)29)11-16-7-3-1-4-8-16)19-13-24(14-20(19)22(27)28)12-17-9-5-2-6-10-17/h1-10,18-20H,11-15H2,(H,27,28)/t18?,19-,20-/m0/s1. The van der Waals surface area contributed by atoms with E-state index in [1.54, 1.807) is 0 Å². The van der Waals surface area contributed by atoms with E-state index in [4.69, 9.17) is 4.74 Å². The second kappa shape index (κ2) is 8.67. The molecule has 0 aliphatic carbocycles. The molecule has 4 rings (SSSR count). The minimum atomic E-state index is -1.02. The van der Waals surface area contributed by atoms with E-state index in [1.165, 1.54) is 0 Å². The fourth-order valence-corrected chi connectivity index (χ4v) is 4.30. The molecule has 30 heavy (non-hydrogen) atoms. The summed E-state index contributed by atoms with van der Waals surface area (Å²) in [6.07, 6.45) is -0.206. The molecule has 1 N–H and O–H groups in total. The summed E-state index contributed by atoms with van der Waals surface area (Å²) in [5.41, 5.74) is 2.04. The summed E-state index contributed by atoms with van der Waals surface area (Å²) in [6.45, 7) is 1.25. The molecule has 3 atom stereocenters. The highest BCUT2D eigenvalue weighted by Crippen LogP contribution is 2.30. The number of benzene rings is 2. The molecule has 1 unspecified atom stereocenters. The zero-order chi connectivity index (χ0) is 21.1. The highest BCUT2D eigenvalue weighted by atomic mass is 16.6. The van der Waals surface area contributed by atoms with Crippen molar-refractivity contribution in [1.82, 2.24) is 9.80 Å². The Balaban J connectivity index is 1.50. The Morgan fingerprint density at radius 1 is 0.933 bits per heavy atom. The number of hydrogen-bond acceptors (Lipinski definition) is 5. The Bertz CT molecular complexity index is 918. The lowest BCUT2D eigenvalue weighted by atomic mass is 9.94. The van der Waals surface area contributed by atoms with E-state index in [0.717, 1.165) is 16.0 Å². The van der Waals surface area contributed by atoms with Gasteiger partial charge in [0.1, 0.15) is 6.61 Å². The first kappa shape index (κ1) is 20.1.